The molecule has 0 fully saturated rings. The summed E-state index contributed by atoms with van der Waals surface area (Å²) in [5.74, 6) is 0.764. The normalized spacial score (nSPS) is 12.8. The fourth-order valence-corrected chi connectivity index (χ4v) is 1.50. The molecule has 2 radical (unpaired) electrons. The van der Waals surface area contributed by atoms with E-state index in [1.165, 1.54) is 4.27 Å². The molecule has 0 saturated heterocycles. The van der Waals surface area contributed by atoms with Gasteiger partial charge in [-0.05, 0) is 0 Å². The van der Waals surface area contributed by atoms with E-state index >= 15 is 0 Å². The van der Waals surface area contributed by atoms with E-state index in [1.54, 1.807) is 18.6 Å². The van der Waals surface area contributed by atoms with E-state index in [9.17, 15) is 0 Å². The van der Waals surface area contributed by atoms with Gasteiger partial charge in [-0.3, -0.25) is 0 Å². The van der Waals surface area contributed by atoms with Gasteiger partial charge in [-0.15, -0.1) is 0 Å². The first kappa shape index (κ1) is 8.31. The number of nitrogens with zero attached hydrogens (tertiary/aromatic N) is 1. The van der Waals surface area contributed by atoms with E-state index in [1.807, 2.05) is 7.05 Å². The van der Waals surface area contributed by atoms with Crippen LogP contribution in [0.3, 0.4) is 0 Å². The molecule has 0 amide bonds. The van der Waals surface area contributed by atoms with Gasteiger partial charge in [-0.1, -0.05) is 0 Å². The Morgan fingerprint density at radius 1 is 1.62 bits per heavy atom. The van der Waals surface area contributed by atoms with Crippen molar-refractivity contribution in [2.75, 3.05) is 7.05 Å². The molecule has 0 bridgehead atoms. The van der Waals surface area contributed by atoms with E-state index in [0.29, 0.717) is 0 Å². The average Bonchev–Trinajstić information content (AvgIpc) is 1.65. The van der Waals surface area contributed by atoms with Gasteiger partial charge in [0.15, 0.2) is 0 Å². The topological polar surface area (TPSA) is 12.4 Å². The van der Waals surface area contributed by atoms with Crippen molar-refractivity contribution in [1.29, 1.82) is 0 Å². The summed E-state index contributed by atoms with van der Waals surface area (Å²) < 4.78 is 1.31. The van der Waals surface area contributed by atoms with E-state index in [2.05, 4.69) is 18.8 Å². The van der Waals surface area contributed by atoms with Crippen molar-refractivity contribution >= 4 is 22.9 Å². The molecule has 0 heterocycles. The summed E-state index contributed by atoms with van der Waals surface area (Å²) in [6.45, 7) is 4.43. The van der Waals surface area contributed by atoms with Gasteiger partial charge in [0.05, 0.1) is 0 Å². The van der Waals surface area contributed by atoms with Crippen molar-refractivity contribution in [1.82, 2.24) is 0 Å². The van der Waals surface area contributed by atoms with Crippen molar-refractivity contribution in [2.45, 2.75) is 20.3 Å². The minimum absolute atomic E-state index is 0.764. The fourth-order valence-electron chi connectivity index (χ4n) is 0.510. The zero-order valence-corrected chi connectivity index (χ0v) is 8.23. The Kier molecular flexibility index (Phi) is 4.37. The van der Waals surface area contributed by atoms with Gasteiger partial charge in [0.2, 0.25) is 0 Å². The van der Waals surface area contributed by atoms with E-state index < -0.39 is 0 Å². The van der Waals surface area contributed by atoms with E-state index in [-0.39, 0.29) is 0 Å². The second-order valence-corrected chi connectivity index (χ2v) is 3.71. The summed E-state index contributed by atoms with van der Waals surface area (Å²) in [4.78, 5) is 4.07. The molecule has 0 saturated carbocycles. The second kappa shape index (κ2) is 4.21. The Morgan fingerprint density at radius 3 is 2.25 bits per heavy atom. The molecular weight excluding hydrogens is 156 g/mol. The van der Waals surface area contributed by atoms with Gasteiger partial charge in [-0.2, -0.15) is 0 Å². The van der Waals surface area contributed by atoms with Gasteiger partial charge in [-0.25, -0.2) is 0 Å². The molecule has 8 heavy (non-hydrogen) atoms. The van der Waals surface area contributed by atoms with Crippen LogP contribution in [0.5, 0.6) is 0 Å². The van der Waals surface area contributed by atoms with Crippen molar-refractivity contribution in [3.8, 4) is 0 Å². The second-order valence-electron chi connectivity index (χ2n) is 2.31. The molecule has 0 rings (SSSR count). The van der Waals surface area contributed by atoms with Gasteiger partial charge in [0, 0.05) is 0 Å². The standard InChI is InChI=1S/C6H12N.Ga/c1-6(2)4-5-7-3;/h6H,4H2,1-3H3;. The summed E-state index contributed by atoms with van der Waals surface area (Å²) in [6.07, 6.45) is 1.16. The van der Waals surface area contributed by atoms with Gasteiger partial charge >= 0.3 is 61.1 Å². The molecule has 0 aliphatic heterocycles. The monoisotopic (exact) mass is 167 g/mol. The summed E-state index contributed by atoms with van der Waals surface area (Å²) >= 11 is 1.65. The Labute approximate surface area is 61.5 Å². The number of aliphatic imine (C=N–C) groups is 1. The van der Waals surface area contributed by atoms with Crippen LogP contribution in [0.2, 0.25) is 0 Å². The quantitative estimate of drug-likeness (QED) is 0.434. The molecule has 0 atom stereocenters. The first-order chi connectivity index (χ1) is 3.66. The predicted molar refractivity (Wildman–Crippen MR) is 38.6 cm³/mol. The van der Waals surface area contributed by atoms with Crippen LogP contribution in [0.15, 0.2) is 4.99 Å². The van der Waals surface area contributed by atoms with Crippen LogP contribution < -0.4 is 0 Å². The van der Waals surface area contributed by atoms with Crippen molar-refractivity contribution < 1.29 is 0 Å². The molecule has 0 aliphatic carbocycles. The predicted octanol–water partition coefficient (Wildman–Crippen LogP) is 1.23. The minimum atomic E-state index is 0.764. The molecule has 1 nitrogen and oxygen atoms in total. The van der Waals surface area contributed by atoms with Gasteiger partial charge < -0.3 is 0 Å². The third-order valence-electron chi connectivity index (χ3n) is 0.905. The zero-order chi connectivity index (χ0) is 6.57. The molecule has 0 aliphatic rings. The first-order valence-electron chi connectivity index (χ1n) is 2.88. The molecule has 2 heteroatoms. The third-order valence-corrected chi connectivity index (χ3v) is 1.94. The Morgan fingerprint density at radius 2 is 2.12 bits per heavy atom. The average molecular weight is 168 g/mol. The maximum absolute atomic E-state index is 4.07. The molecule has 0 aromatic heterocycles. The number of hydrogen-bond donors (Lipinski definition) is 0. The molecule has 0 aromatic carbocycles. The van der Waals surface area contributed by atoms with Crippen LogP contribution in [0.25, 0.3) is 0 Å². The first-order valence-corrected chi connectivity index (χ1v) is 4.09. The molecule has 0 aromatic rings. The van der Waals surface area contributed by atoms with Crippen LogP contribution >= 0.6 is 0 Å². The summed E-state index contributed by atoms with van der Waals surface area (Å²) in [5, 5.41) is 0. The number of hydrogen-bond acceptors (Lipinski definition) is 1. The SMILES string of the molecule is CN=[C]([Ga])CC(C)C. The van der Waals surface area contributed by atoms with Gasteiger partial charge in [0.1, 0.15) is 0 Å². The summed E-state index contributed by atoms with van der Waals surface area (Å²) in [7, 11) is 1.86. The summed E-state index contributed by atoms with van der Waals surface area (Å²) in [5.41, 5.74) is 0. The number of rotatable bonds is 2. The summed E-state index contributed by atoms with van der Waals surface area (Å²) in [6, 6.07) is 0. The van der Waals surface area contributed by atoms with E-state index in [4.69, 9.17) is 0 Å². The van der Waals surface area contributed by atoms with Crippen LogP contribution in [0, 0.1) is 5.92 Å². The van der Waals surface area contributed by atoms with Crippen molar-refractivity contribution in [2.24, 2.45) is 10.9 Å². The molecular formula is C6H12GaN. The van der Waals surface area contributed by atoms with Crippen LogP contribution in [0.1, 0.15) is 20.3 Å². The molecule has 0 unspecified atom stereocenters. The third kappa shape index (κ3) is 4.46. The van der Waals surface area contributed by atoms with E-state index in [0.717, 1.165) is 12.3 Å². The van der Waals surface area contributed by atoms with Crippen LogP contribution in [-0.2, 0) is 0 Å². The Hall–Kier alpha value is 0.306. The fraction of sp³-hybridized carbons (Fsp3) is 0.833. The van der Waals surface area contributed by atoms with Crippen molar-refractivity contribution in [3.05, 3.63) is 0 Å². The molecule has 0 spiro atoms. The Bertz CT molecular complexity index is 86.5. The van der Waals surface area contributed by atoms with Crippen LogP contribution in [-0.4, -0.2) is 29.9 Å². The van der Waals surface area contributed by atoms with Crippen molar-refractivity contribution in [3.63, 3.8) is 0 Å². The Balaban J connectivity index is 3.39. The van der Waals surface area contributed by atoms with Crippen LogP contribution in [0.4, 0.5) is 0 Å². The maximum atomic E-state index is 4.07. The molecule has 0 N–H and O–H groups in total. The molecule has 44 valence electrons. The van der Waals surface area contributed by atoms with Gasteiger partial charge in [0.25, 0.3) is 0 Å². The zero-order valence-electron chi connectivity index (χ0n) is 5.81.